The first-order valence-electron chi connectivity index (χ1n) is 14.3. The number of hydrogen-bond donors (Lipinski definition) is 0. The van der Waals surface area contributed by atoms with Gasteiger partial charge < -0.3 is 4.90 Å². The molecule has 1 aliphatic heterocycles. The summed E-state index contributed by atoms with van der Waals surface area (Å²) in [5.41, 5.74) is 10.8. The van der Waals surface area contributed by atoms with Gasteiger partial charge in [-0.25, -0.2) is 0 Å². The van der Waals surface area contributed by atoms with Crippen LogP contribution in [0.5, 0.6) is 0 Å². The molecule has 1 aromatic heterocycles. The number of thiophene rings is 1. The molecular formula is C39H28ClNS. The van der Waals surface area contributed by atoms with Gasteiger partial charge in [0, 0.05) is 36.3 Å². The van der Waals surface area contributed by atoms with Crippen molar-refractivity contribution in [2.75, 3.05) is 4.90 Å². The van der Waals surface area contributed by atoms with Crippen LogP contribution < -0.4 is 4.90 Å². The van der Waals surface area contributed by atoms with Crippen LogP contribution in [0.15, 0.2) is 133 Å². The first kappa shape index (κ1) is 25.3. The van der Waals surface area contributed by atoms with Gasteiger partial charge in [-0.15, -0.1) is 11.3 Å². The summed E-state index contributed by atoms with van der Waals surface area (Å²) in [7, 11) is 0. The van der Waals surface area contributed by atoms with Crippen LogP contribution in [0.1, 0.15) is 25.0 Å². The molecule has 0 bridgehead atoms. The van der Waals surface area contributed by atoms with Gasteiger partial charge in [-0.1, -0.05) is 110 Å². The molecule has 0 saturated carbocycles. The van der Waals surface area contributed by atoms with E-state index in [-0.39, 0.29) is 5.41 Å². The van der Waals surface area contributed by atoms with E-state index >= 15 is 0 Å². The zero-order valence-electron chi connectivity index (χ0n) is 23.4. The van der Waals surface area contributed by atoms with E-state index in [9.17, 15) is 0 Å². The number of para-hydroxylation sites is 2. The highest BCUT2D eigenvalue weighted by atomic mass is 35.5. The van der Waals surface area contributed by atoms with Crippen LogP contribution in [-0.4, -0.2) is 0 Å². The SMILES string of the molecule is CC1(C)c2ccccc2N(c2cccc(-c3cc(Cl)cc(-c4cccc5c4sc4ccccc45)c3)c2)c2ccccc21. The number of anilines is 3. The van der Waals surface area contributed by atoms with Crippen LogP contribution in [0, 0.1) is 0 Å². The fraction of sp³-hybridized carbons (Fsp3) is 0.0769. The van der Waals surface area contributed by atoms with E-state index in [1.807, 2.05) is 11.3 Å². The molecule has 3 heteroatoms. The lowest BCUT2D eigenvalue weighted by Crippen LogP contribution is -2.30. The summed E-state index contributed by atoms with van der Waals surface area (Å²) in [4.78, 5) is 2.41. The Bertz CT molecular complexity index is 2100. The minimum Gasteiger partial charge on any atom is -0.310 e. The van der Waals surface area contributed by atoms with Gasteiger partial charge in [0.05, 0.1) is 11.4 Å². The van der Waals surface area contributed by atoms with Crippen LogP contribution in [0.4, 0.5) is 17.1 Å². The van der Waals surface area contributed by atoms with Gasteiger partial charge in [0.25, 0.3) is 0 Å². The van der Waals surface area contributed by atoms with E-state index < -0.39 is 0 Å². The maximum Gasteiger partial charge on any atom is 0.0502 e. The van der Waals surface area contributed by atoms with Crippen molar-refractivity contribution in [2.45, 2.75) is 19.3 Å². The van der Waals surface area contributed by atoms with Gasteiger partial charge in [-0.2, -0.15) is 0 Å². The number of benzene rings is 6. The summed E-state index contributed by atoms with van der Waals surface area (Å²) < 4.78 is 2.60. The van der Waals surface area contributed by atoms with E-state index in [2.05, 4.69) is 152 Å². The maximum atomic E-state index is 6.83. The third-order valence-electron chi connectivity index (χ3n) is 8.69. The van der Waals surface area contributed by atoms with Crippen LogP contribution in [0.25, 0.3) is 42.4 Å². The lowest BCUT2D eigenvalue weighted by Gasteiger charge is -2.42. The summed E-state index contributed by atoms with van der Waals surface area (Å²) in [6.07, 6.45) is 0. The van der Waals surface area contributed by atoms with E-state index in [0.29, 0.717) is 0 Å². The maximum absolute atomic E-state index is 6.83. The number of rotatable bonds is 3. The van der Waals surface area contributed by atoms with Crippen LogP contribution in [0.3, 0.4) is 0 Å². The van der Waals surface area contributed by atoms with Gasteiger partial charge in [0.15, 0.2) is 0 Å². The normalized spacial score (nSPS) is 13.7. The van der Waals surface area contributed by atoms with Gasteiger partial charge in [-0.05, 0) is 81.9 Å². The van der Waals surface area contributed by atoms with E-state index in [0.717, 1.165) is 27.4 Å². The molecule has 0 radical (unpaired) electrons. The van der Waals surface area contributed by atoms with Gasteiger partial charge >= 0.3 is 0 Å². The Morgan fingerprint density at radius 2 is 1.21 bits per heavy atom. The van der Waals surface area contributed by atoms with Gasteiger partial charge in [-0.3, -0.25) is 0 Å². The molecule has 7 aromatic rings. The summed E-state index contributed by atoms with van der Waals surface area (Å²) in [6, 6.07) is 48.1. The fourth-order valence-electron chi connectivity index (χ4n) is 6.66. The minimum absolute atomic E-state index is 0.0865. The zero-order chi connectivity index (χ0) is 28.4. The number of halogens is 1. The molecule has 8 rings (SSSR count). The second-order valence-corrected chi connectivity index (χ2v) is 13.0. The van der Waals surface area contributed by atoms with Gasteiger partial charge in [0.2, 0.25) is 0 Å². The molecule has 0 spiro atoms. The molecule has 202 valence electrons. The smallest absolute Gasteiger partial charge is 0.0502 e. The van der Waals surface area contributed by atoms with E-state index in [1.165, 1.54) is 48.2 Å². The minimum atomic E-state index is -0.0865. The zero-order valence-corrected chi connectivity index (χ0v) is 25.0. The second-order valence-electron chi connectivity index (χ2n) is 11.6. The Morgan fingerprint density at radius 3 is 2.00 bits per heavy atom. The van der Waals surface area contributed by atoms with Crippen molar-refractivity contribution in [3.8, 4) is 22.3 Å². The third-order valence-corrected chi connectivity index (χ3v) is 10.1. The lowest BCUT2D eigenvalue weighted by atomic mass is 9.73. The van der Waals surface area contributed by atoms with Crippen LogP contribution in [0.2, 0.25) is 5.02 Å². The highest BCUT2D eigenvalue weighted by molar-refractivity contribution is 7.26. The molecule has 1 nitrogen and oxygen atoms in total. The summed E-state index contributed by atoms with van der Waals surface area (Å²) >= 11 is 8.68. The Balaban J connectivity index is 1.28. The first-order chi connectivity index (χ1) is 20.5. The number of hydrogen-bond acceptors (Lipinski definition) is 2. The quantitative estimate of drug-likeness (QED) is 0.202. The Labute approximate surface area is 255 Å². The number of nitrogens with zero attached hydrogens (tertiary/aromatic N) is 1. The molecular weight excluding hydrogens is 550 g/mol. The molecule has 2 heterocycles. The highest BCUT2D eigenvalue weighted by Gasteiger charge is 2.36. The molecule has 0 unspecified atom stereocenters. The Morgan fingerprint density at radius 1 is 0.571 bits per heavy atom. The van der Waals surface area contributed by atoms with Crippen molar-refractivity contribution in [3.05, 3.63) is 150 Å². The predicted molar refractivity (Wildman–Crippen MR) is 182 cm³/mol. The second kappa shape index (κ2) is 9.59. The van der Waals surface area contributed by atoms with Crippen LogP contribution in [-0.2, 0) is 5.41 Å². The van der Waals surface area contributed by atoms with Crippen molar-refractivity contribution in [2.24, 2.45) is 0 Å². The topological polar surface area (TPSA) is 3.24 Å². The molecule has 0 fully saturated rings. The molecule has 0 aliphatic carbocycles. The third kappa shape index (κ3) is 3.90. The lowest BCUT2D eigenvalue weighted by molar-refractivity contribution is 0.632. The van der Waals surface area contributed by atoms with Crippen molar-refractivity contribution in [3.63, 3.8) is 0 Å². The largest absolute Gasteiger partial charge is 0.310 e. The average Bonchev–Trinajstić information content (AvgIpc) is 3.40. The number of fused-ring (bicyclic) bond motifs is 5. The monoisotopic (exact) mass is 577 g/mol. The van der Waals surface area contributed by atoms with Gasteiger partial charge in [0.1, 0.15) is 0 Å². The molecule has 1 aliphatic rings. The van der Waals surface area contributed by atoms with E-state index in [1.54, 1.807) is 0 Å². The standard InChI is InChI=1S/C39H28ClNS/c1-39(2)33-16-4-6-18-35(33)41(36-19-7-5-17-34(36)39)29-12-9-11-25(24-29)26-21-27(23-28(40)22-26)30-14-10-15-32-31-13-3-8-20-37(31)42-38(30)32/h3-24H,1-2H3. The predicted octanol–water partition coefficient (Wildman–Crippen LogP) is 12.2. The highest BCUT2D eigenvalue weighted by Crippen LogP contribution is 2.52. The Kier molecular flexibility index (Phi) is 5.79. The molecule has 0 atom stereocenters. The van der Waals surface area contributed by atoms with Crippen molar-refractivity contribution < 1.29 is 0 Å². The van der Waals surface area contributed by atoms with Crippen molar-refractivity contribution in [1.29, 1.82) is 0 Å². The van der Waals surface area contributed by atoms with Crippen LogP contribution >= 0.6 is 22.9 Å². The first-order valence-corrected chi connectivity index (χ1v) is 15.5. The molecule has 42 heavy (non-hydrogen) atoms. The van der Waals surface area contributed by atoms with E-state index in [4.69, 9.17) is 11.6 Å². The molecule has 0 saturated heterocycles. The fourth-order valence-corrected chi connectivity index (χ4v) is 8.13. The summed E-state index contributed by atoms with van der Waals surface area (Å²) in [6.45, 7) is 4.64. The van der Waals surface area contributed by atoms with Crippen molar-refractivity contribution in [1.82, 2.24) is 0 Å². The van der Waals surface area contributed by atoms with Crippen molar-refractivity contribution >= 4 is 60.2 Å². The molecule has 0 amide bonds. The Hall–Kier alpha value is -4.37. The summed E-state index contributed by atoms with van der Waals surface area (Å²) in [5.74, 6) is 0. The molecule has 0 N–H and O–H groups in total. The molecule has 6 aromatic carbocycles. The summed E-state index contributed by atoms with van der Waals surface area (Å²) in [5, 5.41) is 3.34. The average molecular weight is 578 g/mol.